The van der Waals surface area contributed by atoms with Crippen LogP contribution in [0.1, 0.15) is 14.5 Å². The van der Waals surface area contributed by atoms with Crippen molar-refractivity contribution in [2.45, 2.75) is 6.42 Å². The fourth-order valence-corrected chi connectivity index (χ4v) is 3.04. The second-order valence-electron chi connectivity index (χ2n) is 4.19. The van der Waals surface area contributed by atoms with Gasteiger partial charge in [0.05, 0.1) is 0 Å². The molecule has 0 aromatic carbocycles. The van der Waals surface area contributed by atoms with E-state index < -0.39 is 0 Å². The Labute approximate surface area is 120 Å². The lowest BCUT2D eigenvalue weighted by atomic mass is 10.3. The molecular formula is C12H16N4OS2. The van der Waals surface area contributed by atoms with E-state index >= 15 is 0 Å². The Balaban J connectivity index is 1.92. The number of thiophene rings is 1. The third-order valence-electron chi connectivity index (χ3n) is 2.47. The predicted octanol–water partition coefficient (Wildman–Crippen LogP) is 1.83. The normalized spacial score (nSPS) is 10.4. The second-order valence-corrected chi connectivity index (χ2v) is 6.20. The van der Waals surface area contributed by atoms with Gasteiger partial charge in [-0.05, 0) is 17.9 Å². The molecule has 2 heterocycles. The van der Waals surface area contributed by atoms with Crippen molar-refractivity contribution in [2.24, 2.45) is 0 Å². The summed E-state index contributed by atoms with van der Waals surface area (Å²) >= 11 is 2.99. The average Bonchev–Trinajstić information content (AvgIpc) is 2.98. The van der Waals surface area contributed by atoms with E-state index in [1.165, 1.54) is 16.2 Å². The van der Waals surface area contributed by atoms with Crippen molar-refractivity contribution in [2.75, 3.05) is 31.3 Å². The summed E-state index contributed by atoms with van der Waals surface area (Å²) in [5, 5.41) is 5.64. The molecular weight excluding hydrogens is 280 g/mol. The van der Waals surface area contributed by atoms with Gasteiger partial charge in [0, 0.05) is 25.5 Å². The van der Waals surface area contributed by atoms with Gasteiger partial charge in [-0.1, -0.05) is 17.4 Å². The first-order chi connectivity index (χ1) is 9.08. The van der Waals surface area contributed by atoms with E-state index in [1.54, 1.807) is 11.3 Å². The number of carbonyl (C=O) groups is 1. The number of aromatic nitrogens is 1. The Morgan fingerprint density at radius 2 is 2.32 bits per heavy atom. The monoisotopic (exact) mass is 296 g/mol. The molecule has 0 aliphatic heterocycles. The molecule has 5 nitrogen and oxygen atoms in total. The largest absolute Gasteiger partial charge is 0.382 e. The molecule has 102 valence electrons. The number of hydrogen-bond donors (Lipinski definition) is 2. The maximum atomic E-state index is 12.0. The van der Waals surface area contributed by atoms with Crippen molar-refractivity contribution >= 4 is 39.5 Å². The van der Waals surface area contributed by atoms with Crippen LogP contribution in [-0.2, 0) is 6.42 Å². The summed E-state index contributed by atoms with van der Waals surface area (Å²) in [5.41, 5.74) is 5.76. The van der Waals surface area contributed by atoms with Gasteiger partial charge in [0.1, 0.15) is 10.7 Å². The highest BCUT2D eigenvalue weighted by molar-refractivity contribution is 7.18. The molecule has 19 heavy (non-hydrogen) atoms. The van der Waals surface area contributed by atoms with Crippen LogP contribution in [0.15, 0.2) is 17.5 Å². The van der Waals surface area contributed by atoms with Gasteiger partial charge >= 0.3 is 0 Å². The summed E-state index contributed by atoms with van der Waals surface area (Å²) in [4.78, 5) is 19.7. The van der Waals surface area contributed by atoms with Gasteiger partial charge in [-0.3, -0.25) is 4.79 Å². The SMILES string of the molecule is CN(C)c1nc(N)c(C(=O)NCCc2cccs2)s1. The molecule has 0 fully saturated rings. The lowest BCUT2D eigenvalue weighted by molar-refractivity contribution is 0.0959. The highest BCUT2D eigenvalue weighted by atomic mass is 32.1. The Morgan fingerprint density at radius 1 is 1.53 bits per heavy atom. The van der Waals surface area contributed by atoms with Gasteiger partial charge in [-0.15, -0.1) is 11.3 Å². The standard InChI is InChI=1S/C12H16N4OS2/c1-16(2)12-15-10(13)9(19-12)11(17)14-6-5-8-4-3-7-18-8/h3-4,7H,5-6,13H2,1-2H3,(H,14,17). The van der Waals surface area contributed by atoms with Crippen molar-refractivity contribution in [1.82, 2.24) is 10.3 Å². The molecule has 0 radical (unpaired) electrons. The number of anilines is 2. The van der Waals surface area contributed by atoms with Gasteiger partial charge in [-0.25, -0.2) is 4.98 Å². The van der Waals surface area contributed by atoms with Crippen molar-refractivity contribution in [3.05, 3.63) is 27.3 Å². The van der Waals surface area contributed by atoms with Gasteiger partial charge in [0.15, 0.2) is 5.13 Å². The Bertz CT molecular complexity index is 548. The predicted molar refractivity (Wildman–Crippen MR) is 81.2 cm³/mol. The first-order valence-corrected chi connectivity index (χ1v) is 7.51. The minimum atomic E-state index is -0.153. The lowest BCUT2D eigenvalue weighted by Gasteiger charge is -2.05. The number of rotatable bonds is 5. The summed E-state index contributed by atoms with van der Waals surface area (Å²) in [7, 11) is 3.74. The van der Waals surface area contributed by atoms with E-state index in [4.69, 9.17) is 5.73 Å². The van der Waals surface area contributed by atoms with Crippen LogP contribution in [0.2, 0.25) is 0 Å². The maximum Gasteiger partial charge on any atom is 0.265 e. The smallest absolute Gasteiger partial charge is 0.265 e. The molecule has 7 heteroatoms. The molecule has 0 spiro atoms. The number of nitrogens with zero attached hydrogens (tertiary/aromatic N) is 2. The molecule has 0 saturated carbocycles. The van der Waals surface area contributed by atoms with Crippen LogP contribution < -0.4 is 16.0 Å². The number of thiazole rings is 1. The van der Waals surface area contributed by atoms with Crippen molar-refractivity contribution in [1.29, 1.82) is 0 Å². The van der Waals surface area contributed by atoms with Crippen LogP contribution in [0.5, 0.6) is 0 Å². The number of carbonyl (C=O) groups excluding carboxylic acids is 1. The molecule has 0 bridgehead atoms. The van der Waals surface area contributed by atoms with E-state index in [9.17, 15) is 4.79 Å². The summed E-state index contributed by atoms with van der Waals surface area (Å²) < 4.78 is 0. The zero-order valence-corrected chi connectivity index (χ0v) is 12.5. The van der Waals surface area contributed by atoms with Crippen LogP contribution in [0, 0.1) is 0 Å². The average molecular weight is 296 g/mol. The van der Waals surface area contributed by atoms with Crippen LogP contribution >= 0.6 is 22.7 Å². The zero-order chi connectivity index (χ0) is 13.8. The molecule has 3 N–H and O–H groups in total. The van der Waals surface area contributed by atoms with E-state index in [-0.39, 0.29) is 5.91 Å². The minimum Gasteiger partial charge on any atom is -0.382 e. The lowest BCUT2D eigenvalue weighted by Crippen LogP contribution is -2.25. The molecule has 2 aromatic heterocycles. The Morgan fingerprint density at radius 3 is 2.89 bits per heavy atom. The molecule has 0 unspecified atom stereocenters. The zero-order valence-electron chi connectivity index (χ0n) is 10.8. The number of hydrogen-bond acceptors (Lipinski definition) is 6. The Kier molecular flexibility index (Phi) is 4.39. The number of amides is 1. The number of nitrogens with one attached hydrogen (secondary N) is 1. The van der Waals surface area contributed by atoms with Gasteiger partial charge in [0.2, 0.25) is 0 Å². The van der Waals surface area contributed by atoms with E-state index in [1.807, 2.05) is 30.4 Å². The topological polar surface area (TPSA) is 71.2 Å². The molecule has 1 amide bonds. The van der Waals surface area contributed by atoms with E-state index in [2.05, 4.69) is 16.4 Å². The fourth-order valence-electron chi connectivity index (χ4n) is 1.51. The highest BCUT2D eigenvalue weighted by Crippen LogP contribution is 2.26. The van der Waals surface area contributed by atoms with E-state index in [0.717, 1.165) is 11.6 Å². The van der Waals surface area contributed by atoms with Crippen LogP contribution in [0.4, 0.5) is 10.9 Å². The summed E-state index contributed by atoms with van der Waals surface area (Å²) in [5.74, 6) is 0.141. The first-order valence-electron chi connectivity index (χ1n) is 5.82. The van der Waals surface area contributed by atoms with Gasteiger partial charge < -0.3 is 16.0 Å². The summed E-state index contributed by atoms with van der Waals surface area (Å²) in [6, 6.07) is 4.06. The third-order valence-corrected chi connectivity index (χ3v) is 4.64. The summed E-state index contributed by atoms with van der Waals surface area (Å²) in [6.07, 6.45) is 0.836. The summed E-state index contributed by atoms with van der Waals surface area (Å²) in [6.45, 7) is 0.605. The Hall–Kier alpha value is -1.60. The first kappa shape index (κ1) is 13.8. The molecule has 0 aliphatic rings. The minimum absolute atomic E-state index is 0.153. The molecule has 0 saturated heterocycles. The highest BCUT2D eigenvalue weighted by Gasteiger charge is 2.16. The quantitative estimate of drug-likeness (QED) is 0.883. The van der Waals surface area contributed by atoms with Gasteiger partial charge in [-0.2, -0.15) is 0 Å². The fraction of sp³-hybridized carbons (Fsp3) is 0.333. The van der Waals surface area contributed by atoms with Gasteiger partial charge in [0.25, 0.3) is 5.91 Å². The van der Waals surface area contributed by atoms with Crippen LogP contribution in [0.3, 0.4) is 0 Å². The van der Waals surface area contributed by atoms with Crippen molar-refractivity contribution in [3.8, 4) is 0 Å². The number of nitrogen functional groups attached to an aromatic ring is 1. The molecule has 2 rings (SSSR count). The number of nitrogens with two attached hydrogens (primary N) is 1. The van der Waals surface area contributed by atoms with Crippen molar-refractivity contribution in [3.63, 3.8) is 0 Å². The molecule has 2 aromatic rings. The van der Waals surface area contributed by atoms with Crippen LogP contribution in [-0.4, -0.2) is 31.5 Å². The molecule has 0 atom stereocenters. The van der Waals surface area contributed by atoms with Crippen molar-refractivity contribution < 1.29 is 4.79 Å². The van der Waals surface area contributed by atoms with E-state index in [0.29, 0.717) is 17.2 Å². The second kappa shape index (κ2) is 6.03. The maximum absolute atomic E-state index is 12.0. The van der Waals surface area contributed by atoms with Crippen LogP contribution in [0.25, 0.3) is 0 Å². The third kappa shape index (κ3) is 3.45. The molecule has 0 aliphatic carbocycles.